The maximum atomic E-state index is 13.7. The highest BCUT2D eigenvalue weighted by Gasteiger charge is 2.31. The number of carbonyl (C=O) groups is 2. The molecule has 2 amide bonds. The van der Waals surface area contributed by atoms with Crippen molar-refractivity contribution >= 4 is 39.1 Å². The molecule has 2 aromatic rings. The molecule has 0 saturated heterocycles. The van der Waals surface area contributed by atoms with Crippen molar-refractivity contribution in [2.45, 2.75) is 90.8 Å². The molecule has 0 aromatic heterocycles. The quantitative estimate of drug-likeness (QED) is 0.349. The fourth-order valence-electron chi connectivity index (χ4n) is 5.16. The number of nitrogens with zero attached hydrogens (tertiary/aromatic N) is 2. The Morgan fingerprint density at radius 1 is 1.05 bits per heavy atom. The van der Waals surface area contributed by atoms with Gasteiger partial charge in [-0.1, -0.05) is 62.1 Å². The summed E-state index contributed by atoms with van der Waals surface area (Å²) in [6.07, 6.45) is 7.37. The van der Waals surface area contributed by atoms with E-state index in [0.717, 1.165) is 42.4 Å². The van der Waals surface area contributed by atoms with Gasteiger partial charge in [-0.2, -0.15) is 0 Å². The van der Waals surface area contributed by atoms with Crippen LogP contribution in [-0.2, 0) is 26.2 Å². The third-order valence-corrected chi connectivity index (χ3v) is 9.13. The van der Waals surface area contributed by atoms with Crippen molar-refractivity contribution in [2.24, 2.45) is 0 Å². The molecule has 1 saturated carbocycles. The van der Waals surface area contributed by atoms with Gasteiger partial charge < -0.3 is 10.2 Å². The Balaban J connectivity index is 1.77. The normalized spacial score (nSPS) is 15.0. The second-order valence-electron chi connectivity index (χ2n) is 10.6. The van der Waals surface area contributed by atoms with Crippen molar-refractivity contribution in [3.05, 3.63) is 64.2 Å². The molecule has 1 unspecified atom stereocenters. The molecule has 1 atom stereocenters. The molecule has 0 radical (unpaired) electrons. The summed E-state index contributed by atoms with van der Waals surface area (Å²) in [5.74, 6) is -0.341. The second-order valence-corrected chi connectivity index (χ2v) is 12.9. The van der Waals surface area contributed by atoms with Gasteiger partial charge >= 0.3 is 0 Å². The lowest BCUT2D eigenvalue weighted by molar-refractivity contribution is -0.141. The van der Waals surface area contributed by atoms with Gasteiger partial charge in [0.15, 0.2) is 0 Å². The molecule has 3 rings (SSSR count). The van der Waals surface area contributed by atoms with Gasteiger partial charge in [0, 0.05) is 30.6 Å². The number of halogens is 1. The first-order valence-corrected chi connectivity index (χ1v) is 16.1. The summed E-state index contributed by atoms with van der Waals surface area (Å²) in [4.78, 5) is 28.7. The fraction of sp³-hybridized carbons (Fsp3) is 0.533. The number of carbonyl (C=O) groups excluding carboxylic acids is 2. The van der Waals surface area contributed by atoms with E-state index in [2.05, 4.69) is 5.32 Å². The van der Waals surface area contributed by atoms with E-state index in [1.165, 1.54) is 17.0 Å². The summed E-state index contributed by atoms with van der Waals surface area (Å²) in [5, 5.41) is 3.72. The first-order valence-electron chi connectivity index (χ1n) is 13.9. The van der Waals surface area contributed by atoms with E-state index in [1.54, 1.807) is 17.0 Å². The zero-order chi connectivity index (χ0) is 28.6. The predicted octanol–water partition coefficient (Wildman–Crippen LogP) is 5.76. The maximum Gasteiger partial charge on any atom is 0.243 e. The summed E-state index contributed by atoms with van der Waals surface area (Å²) in [6.45, 7) is 6.20. The Bertz CT molecular complexity index is 1240. The third-order valence-electron chi connectivity index (χ3n) is 7.57. The lowest BCUT2D eigenvalue weighted by Crippen LogP contribution is -2.51. The summed E-state index contributed by atoms with van der Waals surface area (Å²) in [7, 11) is -3.54. The highest BCUT2D eigenvalue weighted by Crippen LogP contribution is 2.24. The van der Waals surface area contributed by atoms with E-state index in [4.69, 9.17) is 11.6 Å². The van der Waals surface area contributed by atoms with Crippen molar-refractivity contribution < 1.29 is 18.0 Å². The van der Waals surface area contributed by atoms with Gasteiger partial charge in [-0.05, 0) is 74.4 Å². The van der Waals surface area contributed by atoms with Crippen LogP contribution >= 0.6 is 11.6 Å². The number of benzene rings is 2. The number of sulfonamides is 1. The molecular formula is C30H42ClN3O4S. The van der Waals surface area contributed by atoms with Crippen molar-refractivity contribution in [3.8, 4) is 0 Å². The van der Waals surface area contributed by atoms with E-state index in [1.807, 2.05) is 51.1 Å². The highest BCUT2D eigenvalue weighted by atomic mass is 35.5. The molecule has 2 aromatic carbocycles. The molecule has 0 heterocycles. The molecule has 7 nitrogen and oxygen atoms in total. The molecule has 1 aliphatic rings. The van der Waals surface area contributed by atoms with Gasteiger partial charge in [0.05, 0.1) is 11.9 Å². The molecular weight excluding hydrogens is 534 g/mol. The second kappa shape index (κ2) is 14.2. The van der Waals surface area contributed by atoms with Crippen LogP contribution < -0.4 is 9.62 Å². The Hall–Kier alpha value is -2.58. The SMILES string of the molecule is CCC(C(=O)NC1CCCCC1)N(Cc1ccccc1Cl)C(=O)CCCN(c1ccc(C)c(C)c1)S(C)(=O)=O. The van der Waals surface area contributed by atoms with E-state index in [0.29, 0.717) is 23.6 Å². The van der Waals surface area contributed by atoms with Crippen LogP contribution in [0.1, 0.15) is 75.0 Å². The van der Waals surface area contributed by atoms with Gasteiger partial charge in [0.2, 0.25) is 21.8 Å². The number of hydrogen-bond acceptors (Lipinski definition) is 4. The van der Waals surface area contributed by atoms with Gasteiger partial charge in [-0.15, -0.1) is 0 Å². The van der Waals surface area contributed by atoms with Crippen molar-refractivity contribution in [1.29, 1.82) is 0 Å². The van der Waals surface area contributed by atoms with Crippen LogP contribution in [0.5, 0.6) is 0 Å². The largest absolute Gasteiger partial charge is 0.352 e. The Morgan fingerprint density at radius 3 is 2.36 bits per heavy atom. The van der Waals surface area contributed by atoms with Crippen LogP contribution in [-0.4, -0.2) is 50.0 Å². The zero-order valence-electron chi connectivity index (χ0n) is 23.6. The topological polar surface area (TPSA) is 86.8 Å². The van der Waals surface area contributed by atoms with Crippen LogP contribution in [0.25, 0.3) is 0 Å². The number of anilines is 1. The van der Waals surface area contributed by atoms with Crippen LogP contribution in [0.15, 0.2) is 42.5 Å². The van der Waals surface area contributed by atoms with Crippen LogP contribution in [0, 0.1) is 13.8 Å². The molecule has 214 valence electrons. The summed E-state index contributed by atoms with van der Waals surface area (Å²) < 4.78 is 26.6. The number of hydrogen-bond donors (Lipinski definition) is 1. The number of rotatable bonds is 12. The van der Waals surface area contributed by atoms with E-state index in [-0.39, 0.29) is 37.4 Å². The Morgan fingerprint density at radius 2 is 1.74 bits per heavy atom. The number of aryl methyl sites for hydroxylation is 2. The van der Waals surface area contributed by atoms with Crippen LogP contribution in [0.3, 0.4) is 0 Å². The zero-order valence-corrected chi connectivity index (χ0v) is 25.2. The predicted molar refractivity (Wildman–Crippen MR) is 158 cm³/mol. The van der Waals surface area contributed by atoms with E-state index in [9.17, 15) is 18.0 Å². The average molecular weight is 576 g/mol. The molecule has 0 aliphatic heterocycles. The first kappa shape index (κ1) is 31.0. The lowest BCUT2D eigenvalue weighted by atomic mass is 9.95. The summed E-state index contributed by atoms with van der Waals surface area (Å²) in [5.41, 5.74) is 3.43. The highest BCUT2D eigenvalue weighted by molar-refractivity contribution is 7.92. The minimum atomic E-state index is -3.54. The molecule has 1 N–H and O–H groups in total. The molecule has 1 fully saturated rings. The molecule has 39 heavy (non-hydrogen) atoms. The van der Waals surface area contributed by atoms with Gasteiger partial charge in [-0.25, -0.2) is 8.42 Å². The third kappa shape index (κ3) is 8.70. The lowest BCUT2D eigenvalue weighted by Gasteiger charge is -2.33. The van der Waals surface area contributed by atoms with Gasteiger partial charge in [-0.3, -0.25) is 13.9 Å². The monoisotopic (exact) mass is 575 g/mol. The van der Waals surface area contributed by atoms with Crippen molar-refractivity contribution in [1.82, 2.24) is 10.2 Å². The van der Waals surface area contributed by atoms with E-state index >= 15 is 0 Å². The Labute approximate surface area is 239 Å². The Kier molecular flexibility index (Phi) is 11.2. The van der Waals surface area contributed by atoms with Crippen LogP contribution in [0.4, 0.5) is 5.69 Å². The molecule has 1 aliphatic carbocycles. The van der Waals surface area contributed by atoms with Crippen molar-refractivity contribution in [2.75, 3.05) is 17.1 Å². The molecule has 0 spiro atoms. The maximum absolute atomic E-state index is 13.7. The average Bonchev–Trinajstić information content (AvgIpc) is 2.89. The minimum Gasteiger partial charge on any atom is -0.352 e. The summed E-state index contributed by atoms with van der Waals surface area (Å²) >= 11 is 6.43. The summed E-state index contributed by atoms with van der Waals surface area (Å²) in [6, 6.07) is 12.4. The van der Waals surface area contributed by atoms with E-state index < -0.39 is 16.1 Å². The molecule has 9 heteroatoms. The number of amides is 2. The minimum absolute atomic E-state index is 0.106. The van der Waals surface area contributed by atoms with Crippen molar-refractivity contribution in [3.63, 3.8) is 0 Å². The van der Waals surface area contributed by atoms with Gasteiger partial charge in [0.25, 0.3) is 0 Å². The smallest absolute Gasteiger partial charge is 0.243 e. The fourth-order valence-corrected chi connectivity index (χ4v) is 6.31. The van der Waals surface area contributed by atoms with Gasteiger partial charge in [0.1, 0.15) is 6.04 Å². The standard InChI is InChI=1S/C30H42ClN3O4S/c1-5-28(30(36)32-25-13-7-6-8-14-25)33(21-24-12-9-10-15-27(24)31)29(35)16-11-19-34(39(4,37)38)26-18-17-22(2)23(3)20-26/h9-10,12,15,17-18,20,25,28H,5-8,11,13-14,16,19,21H2,1-4H3,(H,32,36). The molecule has 0 bridgehead atoms. The van der Waals surface area contributed by atoms with Crippen LogP contribution in [0.2, 0.25) is 5.02 Å². The first-order chi connectivity index (χ1) is 18.5. The number of nitrogens with one attached hydrogen (secondary N) is 1.